The third kappa shape index (κ3) is 3.82. The lowest BCUT2D eigenvalue weighted by Gasteiger charge is -2.24. The van der Waals surface area contributed by atoms with E-state index in [0.29, 0.717) is 5.92 Å². The molecular weight excluding hydrogens is 252 g/mol. The summed E-state index contributed by atoms with van der Waals surface area (Å²) in [4.78, 5) is 11.6. The van der Waals surface area contributed by atoms with E-state index in [0.717, 1.165) is 50.1 Å². The van der Waals surface area contributed by atoms with Gasteiger partial charge < -0.3 is 15.0 Å². The van der Waals surface area contributed by atoms with Gasteiger partial charge in [-0.3, -0.25) is 0 Å². The van der Waals surface area contributed by atoms with Gasteiger partial charge in [0.2, 0.25) is 0 Å². The molecule has 0 bridgehead atoms. The molecular formula is C15H26N4O. The molecule has 1 unspecified atom stereocenters. The molecule has 1 fully saturated rings. The second-order valence-corrected chi connectivity index (χ2v) is 5.64. The molecule has 1 N–H and O–H groups in total. The van der Waals surface area contributed by atoms with E-state index in [2.05, 4.69) is 42.9 Å². The minimum atomic E-state index is 0.248. The summed E-state index contributed by atoms with van der Waals surface area (Å²) >= 11 is 0. The maximum atomic E-state index is 5.71. The van der Waals surface area contributed by atoms with E-state index in [-0.39, 0.29) is 6.10 Å². The molecule has 1 aliphatic rings. The van der Waals surface area contributed by atoms with Gasteiger partial charge in [-0.25, -0.2) is 9.97 Å². The second kappa shape index (κ2) is 6.88. The molecule has 1 atom stereocenters. The molecule has 5 nitrogen and oxygen atoms in total. The third-order valence-corrected chi connectivity index (χ3v) is 3.38. The van der Waals surface area contributed by atoms with Gasteiger partial charge in [-0.15, -0.1) is 0 Å². The summed E-state index contributed by atoms with van der Waals surface area (Å²) in [5.74, 6) is 3.15. The van der Waals surface area contributed by atoms with E-state index in [1.165, 1.54) is 0 Å². The largest absolute Gasteiger partial charge is 0.377 e. The van der Waals surface area contributed by atoms with E-state index in [4.69, 9.17) is 9.72 Å². The van der Waals surface area contributed by atoms with Crippen LogP contribution in [0, 0.1) is 0 Å². The van der Waals surface area contributed by atoms with Crippen LogP contribution in [0.15, 0.2) is 6.07 Å². The number of aromatic nitrogens is 2. The molecule has 1 aliphatic heterocycles. The molecule has 1 saturated heterocycles. The SMILES string of the molecule is CCNc1cc(N2CCCOC(C)C2)nc(C(C)C)n1. The van der Waals surface area contributed by atoms with Crippen molar-refractivity contribution >= 4 is 11.6 Å². The molecule has 0 amide bonds. The molecule has 0 aliphatic carbocycles. The zero-order valence-corrected chi connectivity index (χ0v) is 13.0. The molecule has 0 radical (unpaired) electrons. The molecule has 0 aromatic carbocycles. The average molecular weight is 278 g/mol. The Balaban J connectivity index is 2.28. The highest BCUT2D eigenvalue weighted by Crippen LogP contribution is 2.21. The quantitative estimate of drug-likeness (QED) is 0.917. The van der Waals surface area contributed by atoms with E-state index < -0.39 is 0 Å². The molecule has 20 heavy (non-hydrogen) atoms. The number of nitrogens with zero attached hydrogens (tertiary/aromatic N) is 3. The molecule has 5 heteroatoms. The number of nitrogens with one attached hydrogen (secondary N) is 1. The van der Waals surface area contributed by atoms with E-state index in [1.807, 2.05) is 6.07 Å². The molecule has 0 spiro atoms. The minimum absolute atomic E-state index is 0.248. The Labute approximate surface area is 121 Å². The zero-order valence-electron chi connectivity index (χ0n) is 13.0. The predicted molar refractivity (Wildman–Crippen MR) is 82.5 cm³/mol. The maximum Gasteiger partial charge on any atom is 0.135 e. The number of hydrogen-bond donors (Lipinski definition) is 1. The number of rotatable bonds is 4. The molecule has 1 aromatic rings. The fourth-order valence-corrected chi connectivity index (χ4v) is 2.35. The van der Waals surface area contributed by atoms with E-state index >= 15 is 0 Å². The minimum Gasteiger partial charge on any atom is -0.377 e. The Hall–Kier alpha value is -1.36. The fourth-order valence-electron chi connectivity index (χ4n) is 2.35. The smallest absolute Gasteiger partial charge is 0.135 e. The Morgan fingerprint density at radius 2 is 2.25 bits per heavy atom. The monoisotopic (exact) mass is 278 g/mol. The highest BCUT2D eigenvalue weighted by Gasteiger charge is 2.18. The highest BCUT2D eigenvalue weighted by molar-refractivity contribution is 5.50. The summed E-state index contributed by atoms with van der Waals surface area (Å²) < 4.78 is 5.71. The number of hydrogen-bond acceptors (Lipinski definition) is 5. The van der Waals surface area contributed by atoms with Gasteiger partial charge in [0.05, 0.1) is 6.10 Å². The van der Waals surface area contributed by atoms with Crippen LogP contribution in [0.4, 0.5) is 11.6 Å². The van der Waals surface area contributed by atoms with Gasteiger partial charge in [-0.1, -0.05) is 13.8 Å². The Bertz CT molecular complexity index is 436. The van der Waals surface area contributed by atoms with Crippen LogP contribution in [0.3, 0.4) is 0 Å². The lowest BCUT2D eigenvalue weighted by molar-refractivity contribution is 0.0820. The van der Waals surface area contributed by atoms with Gasteiger partial charge in [0.15, 0.2) is 0 Å². The molecule has 2 rings (SSSR count). The van der Waals surface area contributed by atoms with Gasteiger partial charge in [0.1, 0.15) is 17.5 Å². The third-order valence-electron chi connectivity index (χ3n) is 3.38. The van der Waals surface area contributed by atoms with Gasteiger partial charge in [-0.2, -0.15) is 0 Å². The standard InChI is InChI=1S/C15H26N4O/c1-5-16-13-9-14(18-15(17-13)11(2)3)19-7-6-8-20-12(4)10-19/h9,11-12H,5-8,10H2,1-4H3,(H,16,17,18). The summed E-state index contributed by atoms with van der Waals surface area (Å²) in [5.41, 5.74) is 0. The first-order chi connectivity index (χ1) is 9.60. The summed E-state index contributed by atoms with van der Waals surface area (Å²) in [7, 11) is 0. The Kier molecular flexibility index (Phi) is 5.17. The number of ether oxygens (including phenoxy) is 1. The molecule has 0 saturated carbocycles. The van der Waals surface area contributed by atoms with Crippen molar-refractivity contribution in [3.63, 3.8) is 0 Å². The van der Waals surface area contributed by atoms with Crippen LogP contribution in [0.5, 0.6) is 0 Å². The first-order valence-electron chi connectivity index (χ1n) is 7.59. The molecule has 112 valence electrons. The average Bonchev–Trinajstić information content (AvgIpc) is 2.63. The van der Waals surface area contributed by atoms with Gasteiger partial charge in [-0.05, 0) is 20.3 Å². The lowest BCUT2D eigenvalue weighted by Crippen LogP contribution is -2.31. The number of anilines is 2. The summed E-state index contributed by atoms with van der Waals surface area (Å²) in [6.07, 6.45) is 1.29. The van der Waals surface area contributed by atoms with Gasteiger partial charge >= 0.3 is 0 Å². The van der Waals surface area contributed by atoms with Crippen molar-refractivity contribution in [3.8, 4) is 0 Å². The highest BCUT2D eigenvalue weighted by atomic mass is 16.5. The zero-order chi connectivity index (χ0) is 14.5. The summed E-state index contributed by atoms with van der Waals surface area (Å²) in [6.45, 7) is 12.0. The van der Waals surface area contributed by atoms with Crippen LogP contribution in [0.25, 0.3) is 0 Å². The van der Waals surface area contributed by atoms with Crippen LogP contribution >= 0.6 is 0 Å². The Morgan fingerprint density at radius 3 is 2.95 bits per heavy atom. The summed E-state index contributed by atoms with van der Waals surface area (Å²) in [6, 6.07) is 2.05. The summed E-state index contributed by atoms with van der Waals surface area (Å²) in [5, 5.41) is 3.30. The van der Waals surface area contributed by atoms with Crippen LogP contribution in [-0.4, -0.2) is 42.3 Å². The normalized spacial score (nSPS) is 20.1. The van der Waals surface area contributed by atoms with E-state index in [9.17, 15) is 0 Å². The Morgan fingerprint density at radius 1 is 1.45 bits per heavy atom. The van der Waals surface area contributed by atoms with E-state index in [1.54, 1.807) is 0 Å². The van der Waals surface area contributed by atoms with Gasteiger partial charge in [0, 0.05) is 38.2 Å². The second-order valence-electron chi connectivity index (χ2n) is 5.64. The van der Waals surface area contributed by atoms with Crippen LogP contribution in [-0.2, 0) is 4.74 Å². The van der Waals surface area contributed by atoms with Crippen molar-refractivity contribution in [2.45, 2.75) is 46.1 Å². The van der Waals surface area contributed by atoms with Gasteiger partial charge in [0.25, 0.3) is 0 Å². The van der Waals surface area contributed by atoms with Crippen LogP contribution in [0.1, 0.15) is 45.9 Å². The van der Waals surface area contributed by atoms with Crippen LogP contribution in [0.2, 0.25) is 0 Å². The van der Waals surface area contributed by atoms with Crippen LogP contribution < -0.4 is 10.2 Å². The lowest BCUT2D eigenvalue weighted by atomic mass is 10.2. The van der Waals surface area contributed by atoms with Crippen molar-refractivity contribution < 1.29 is 4.74 Å². The molecule has 1 aromatic heterocycles. The fraction of sp³-hybridized carbons (Fsp3) is 0.733. The predicted octanol–water partition coefficient (Wildman–Crippen LogP) is 2.65. The van der Waals surface area contributed by atoms with Crippen molar-refractivity contribution in [3.05, 3.63) is 11.9 Å². The van der Waals surface area contributed by atoms with Crippen molar-refractivity contribution in [2.75, 3.05) is 36.5 Å². The topological polar surface area (TPSA) is 50.3 Å². The van der Waals surface area contributed by atoms with Crippen molar-refractivity contribution in [2.24, 2.45) is 0 Å². The first-order valence-corrected chi connectivity index (χ1v) is 7.59. The first kappa shape index (κ1) is 15.0. The maximum absolute atomic E-state index is 5.71. The van der Waals surface area contributed by atoms with Crippen molar-refractivity contribution in [1.29, 1.82) is 0 Å². The van der Waals surface area contributed by atoms with Crippen molar-refractivity contribution in [1.82, 2.24) is 9.97 Å². The molecule has 2 heterocycles.